The molecule has 0 aliphatic carbocycles. The van der Waals surface area contributed by atoms with Crippen molar-refractivity contribution in [2.45, 2.75) is 45.7 Å². The number of likely N-dealkylation sites (tertiary alicyclic amines) is 1. The van der Waals surface area contributed by atoms with Gasteiger partial charge in [0.15, 0.2) is 0 Å². The summed E-state index contributed by atoms with van der Waals surface area (Å²) >= 11 is 0. The molecule has 3 amide bonds. The van der Waals surface area contributed by atoms with Gasteiger partial charge >= 0.3 is 0 Å². The van der Waals surface area contributed by atoms with Crippen molar-refractivity contribution in [2.24, 2.45) is 0 Å². The predicted octanol–water partition coefficient (Wildman–Crippen LogP) is 1.37. The van der Waals surface area contributed by atoms with E-state index in [2.05, 4.69) is 5.32 Å². The van der Waals surface area contributed by atoms with Gasteiger partial charge in [0.1, 0.15) is 11.8 Å². The average molecular weight is 361 g/mol. The first-order valence-corrected chi connectivity index (χ1v) is 9.09. The summed E-state index contributed by atoms with van der Waals surface area (Å²) < 4.78 is 0. The van der Waals surface area contributed by atoms with Crippen LogP contribution in [0.3, 0.4) is 0 Å². The zero-order valence-corrected chi connectivity index (χ0v) is 15.6. The van der Waals surface area contributed by atoms with E-state index in [0.717, 1.165) is 0 Å². The summed E-state index contributed by atoms with van der Waals surface area (Å²) in [5, 5.41) is 12.3. The number of amides is 3. The highest BCUT2D eigenvalue weighted by molar-refractivity contribution is 5.98. The van der Waals surface area contributed by atoms with E-state index in [1.54, 1.807) is 11.8 Å². The van der Waals surface area contributed by atoms with Crippen LogP contribution in [0.5, 0.6) is 5.75 Å². The van der Waals surface area contributed by atoms with Crippen LogP contribution in [0, 0.1) is 0 Å². The molecule has 0 unspecified atom stereocenters. The summed E-state index contributed by atoms with van der Waals surface area (Å²) in [5.41, 5.74) is 0.405. The Hall–Kier alpha value is -2.57. The van der Waals surface area contributed by atoms with Crippen LogP contribution in [0.15, 0.2) is 24.3 Å². The summed E-state index contributed by atoms with van der Waals surface area (Å²) in [7, 11) is 0. The van der Waals surface area contributed by atoms with Gasteiger partial charge in [-0.3, -0.25) is 14.4 Å². The third-order valence-electron chi connectivity index (χ3n) is 4.72. The van der Waals surface area contributed by atoms with E-state index in [0.29, 0.717) is 38.0 Å². The molecule has 0 spiro atoms. The number of hydrogen-bond donors (Lipinski definition) is 2. The first-order valence-electron chi connectivity index (χ1n) is 9.09. The fourth-order valence-electron chi connectivity index (χ4n) is 3.24. The third-order valence-corrected chi connectivity index (χ3v) is 4.72. The largest absolute Gasteiger partial charge is 0.508 e. The van der Waals surface area contributed by atoms with Gasteiger partial charge in [0.25, 0.3) is 5.91 Å². The van der Waals surface area contributed by atoms with Crippen LogP contribution in [0.2, 0.25) is 0 Å². The second-order valence-electron chi connectivity index (χ2n) is 6.38. The minimum atomic E-state index is -0.599. The average Bonchev–Trinajstić information content (AvgIpc) is 3.06. The van der Waals surface area contributed by atoms with Crippen LogP contribution < -0.4 is 5.32 Å². The maximum atomic E-state index is 12.9. The highest BCUT2D eigenvalue weighted by atomic mass is 16.3. The van der Waals surface area contributed by atoms with Crippen molar-refractivity contribution in [2.75, 3.05) is 19.6 Å². The third kappa shape index (κ3) is 4.33. The molecule has 2 rings (SSSR count). The van der Waals surface area contributed by atoms with Crippen LogP contribution >= 0.6 is 0 Å². The molecule has 1 aromatic carbocycles. The molecule has 1 heterocycles. The molecule has 0 bridgehead atoms. The van der Waals surface area contributed by atoms with E-state index in [9.17, 15) is 19.5 Å². The molecule has 1 aliphatic heterocycles. The van der Waals surface area contributed by atoms with Crippen LogP contribution in [0.4, 0.5) is 0 Å². The van der Waals surface area contributed by atoms with Crippen molar-refractivity contribution in [1.82, 2.24) is 15.1 Å². The molecule has 2 N–H and O–H groups in total. The van der Waals surface area contributed by atoms with Gasteiger partial charge in [-0.05, 0) is 44.5 Å². The molecular weight excluding hydrogens is 334 g/mol. The van der Waals surface area contributed by atoms with E-state index in [-0.39, 0.29) is 29.5 Å². The number of nitrogens with one attached hydrogen (secondary N) is 1. The molecule has 1 aromatic rings. The van der Waals surface area contributed by atoms with Crippen molar-refractivity contribution in [3.05, 3.63) is 29.8 Å². The lowest BCUT2D eigenvalue weighted by Gasteiger charge is -2.28. The zero-order chi connectivity index (χ0) is 19.3. The Kier molecular flexibility index (Phi) is 6.60. The predicted molar refractivity (Wildman–Crippen MR) is 97.7 cm³/mol. The van der Waals surface area contributed by atoms with Gasteiger partial charge in [0, 0.05) is 37.7 Å². The van der Waals surface area contributed by atoms with Crippen LogP contribution in [0.25, 0.3) is 0 Å². The minimum absolute atomic E-state index is 0.0758. The van der Waals surface area contributed by atoms with Gasteiger partial charge in [0.2, 0.25) is 11.8 Å². The smallest absolute Gasteiger partial charge is 0.254 e. The lowest BCUT2D eigenvalue weighted by Crippen LogP contribution is -2.47. The second kappa shape index (κ2) is 8.69. The number of hydrogen-bond acceptors (Lipinski definition) is 4. The lowest BCUT2D eigenvalue weighted by molar-refractivity contribution is -0.135. The maximum Gasteiger partial charge on any atom is 0.254 e. The number of likely N-dealkylation sites (N-methyl/N-ethyl adjacent to an activating group) is 1. The van der Waals surface area contributed by atoms with Crippen molar-refractivity contribution in [3.8, 4) is 5.75 Å². The SMILES string of the molecule is CCC(=O)N[C@@H]1C[C@@H](C(=O)N(CC)CC)N(C(=O)c2ccc(O)cc2)C1. The molecule has 1 fully saturated rings. The molecule has 1 saturated heterocycles. The number of phenols is 1. The summed E-state index contributed by atoms with van der Waals surface area (Å²) in [6.45, 7) is 7.00. The number of carbonyl (C=O) groups is 3. The Morgan fingerprint density at radius 3 is 2.31 bits per heavy atom. The molecule has 26 heavy (non-hydrogen) atoms. The molecule has 0 aromatic heterocycles. The molecule has 7 heteroatoms. The fraction of sp³-hybridized carbons (Fsp3) is 0.526. The van der Waals surface area contributed by atoms with E-state index in [1.807, 2.05) is 13.8 Å². The molecule has 0 saturated carbocycles. The van der Waals surface area contributed by atoms with Gasteiger partial charge in [-0.2, -0.15) is 0 Å². The number of aromatic hydroxyl groups is 1. The summed E-state index contributed by atoms with van der Waals surface area (Å²) in [4.78, 5) is 40.8. The van der Waals surface area contributed by atoms with Gasteiger partial charge in [-0.25, -0.2) is 0 Å². The molecule has 1 aliphatic rings. The van der Waals surface area contributed by atoms with Gasteiger partial charge < -0.3 is 20.2 Å². The number of phenolic OH excluding ortho intramolecular Hbond substituents is 1. The van der Waals surface area contributed by atoms with Crippen LogP contribution in [0.1, 0.15) is 44.0 Å². The first-order chi connectivity index (χ1) is 12.4. The van der Waals surface area contributed by atoms with Gasteiger partial charge in [-0.1, -0.05) is 6.92 Å². The monoisotopic (exact) mass is 361 g/mol. The number of benzene rings is 1. The van der Waals surface area contributed by atoms with Gasteiger partial charge in [-0.15, -0.1) is 0 Å². The lowest BCUT2D eigenvalue weighted by atomic mass is 10.1. The Bertz CT molecular complexity index is 655. The van der Waals surface area contributed by atoms with Crippen LogP contribution in [-0.2, 0) is 9.59 Å². The minimum Gasteiger partial charge on any atom is -0.508 e. The summed E-state index contributed by atoms with van der Waals surface area (Å²) in [6, 6.07) is 5.12. The van der Waals surface area contributed by atoms with Gasteiger partial charge in [0.05, 0.1) is 0 Å². The Morgan fingerprint density at radius 2 is 1.77 bits per heavy atom. The molecule has 2 atom stereocenters. The van der Waals surface area contributed by atoms with Crippen molar-refractivity contribution in [1.29, 1.82) is 0 Å². The Morgan fingerprint density at radius 1 is 1.15 bits per heavy atom. The number of carbonyl (C=O) groups excluding carboxylic acids is 3. The first kappa shape index (κ1) is 19.8. The number of rotatable bonds is 6. The highest BCUT2D eigenvalue weighted by Gasteiger charge is 2.41. The molecular formula is C19H27N3O4. The topological polar surface area (TPSA) is 90.0 Å². The second-order valence-corrected chi connectivity index (χ2v) is 6.38. The van der Waals surface area contributed by atoms with Crippen molar-refractivity contribution >= 4 is 17.7 Å². The molecule has 142 valence electrons. The Labute approximate surface area is 154 Å². The Balaban J connectivity index is 2.25. The maximum absolute atomic E-state index is 12.9. The van der Waals surface area contributed by atoms with E-state index >= 15 is 0 Å². The normalized spacial score (nSPS) is 19.3. The van der Waals surface area contributed by atoms with Crippen molar-refractivity contribution < 1.29 is 19.5 Å². The molecule has 7 nitrogen and oxygen atoms in total. The standard InChI is InChI=1S/C19H27N3O4/c1-4-17(24)20-14-11-16(19(26)21(5-2)6-3)22(12-14)18(25)13-7-9-15(23)10-8-13/h7-10,14,16,23H,4-6,11-12H2,1-3H3,(H,20,24)/t14-,16+/m1/s1. The molecule has 0 radical (unpaired) electrons. The fourth-order valence-corrected chi connectivity index (χ4v) is 3.24. The number of nitrogens with zero attached hydrogens (tertiary/aromatic N) is 2. The van der Waals surface area contributed by atoms with Crippen molar-refractivity contribution in [3.63, 3.8) is 0 Å². The highest BCUT2D eigenvalue weighted by Crippen LogP contribution is 2.23. The zero-order valence-electron chi connectivity index (χ0n) is 15.6. The van der Waals surface area contributed by atoms with Crippen LogP contribution in [-0.4, -0.2) is 64.3 Å². The summed E-state index contributed by atoms with van der Waals surface area (Å²) in [6.07, 6.45) is 0.766. The van der Waals surface area contributed by atoms with E-state index in [1.165, 1.54) is 29.2 Å². The van der Waals surface area contributed by atoms with E-state index < -0.39 is 6.04 Å². The van der Waals surface area contributed by atoms with E-state index in [4.69, 9.17) is 0 Å². The quantitative estimate of drug-likeness (QED) is 0.801. The summed E-state index contributed by atoms with van der Waals surface area (Å²) in [5.74, 6) is -0.395.